The molecule has 0 aromatic heterocycles. The third kappa shape index (κ3) is 4.34. The molecular formula is C5H9Cl2O3P. The molecule has 0 spiro atoms. The topological polar surface area (TPSA) is 35.5 Å². The summed E-state index contributed by atoms with van der Waals surface area (Å²) in [6.45, 7) is 0.965. The predicted molar refractivity (Wildman–Crippen MR) is 44.2 cm³/mol. The summed E-state index contributed by atoms with van der Waals surface area (Å²) in [4.78, 5) is 0. The highest BCUT2D eigenvalue weighted by atomic mass is 35.9. The fourth-order valence-electron chi connectivity index (χ4n) is 0.946. The molecule has 1 atom stereocenters. The quantitative estimate of drug-likeness (QED) is 0.684. The van der Waals surface area contributed by atoms with E-state index in [0.29, 0.717) is 0 Å². The number of halogens is 2. The van der Waals surface area contributed by atoms with E-state index >= 15 is 0 Å². The number of ether oxygens (including phenoxy) is 1. The molecule has 3 nitrogen and oxygen atoms in total. The van der Waals surface area contributed by atoms with Crippen molar-refractivity contribution in [3.05, 3.63) is 0 Å². The number of hydrogen-bond acceptors (Lipinski definition) is 3. The predicted octanol–water partition coefficient (Wildman–Crippen LogP) is 2.77. The van der Waals surface area contributed by atoms with Crippen LogP contribution in [0.1, 0.15) is 12.8 Å². The summed E-state index contributed by atoms with van der Waals surface area (Å²) in [5.41, 5.74) is 0. The lowest BCUT2D eigenvalue weighted by Gasteiger charge is -2.09. The molecule has 0 aromatic carbocycles. The van der Waals surface area contributed by atoms with E-state index in [-0.39, 0.29) is 12.7 Å². The van der Waals surface area contributed by atoms with Crippen LogP contribution in [0.2, 0.25) is 0 Å². The summed E-state index contributed by atoms with van der Waals surface area (Å²) in [7, 11) is 0. The monoisotopic (exact) mass is 218 g/mol. The van der Waals surface area contributed by atoms with Gasteiger partial charge in [-0.3, -0.25) is 4.57 Å². The van der Waals surface area contributed by atoms with Gasteiger partial charge in [0.1, 0.15) is 0 Å². The van der Waals surface area contributed by atoms with Crippen LogP contribution in [0.15, 0.2) is 0 Å². The smallest absolute Gasteiger partial charge is 0.376 e. The van der Waals surface area contributed by atoms with Crippen molar-refractivity contribution in [3.63, 3.8) is 0 Å². The highest BCUT2D eigenvalue weighted by Crippen LogP contribution is 2.57. The van der Waals surface area contributed by atoms with Crippen molar-refractivity contribution in [2.24, 2.45) is 0 Å². The average molecular weight is 219 g/mol. The summed E-state index contributed by atoms with van der Waals surface area (Å²) >= 11 is 10.3. The molecule has 1 aliphatic heterocycles. The molecular weight excluding hydrogens is 210 g/mol. The van der Waals surface area contributed by atoms with E-state index in [1.54, 1.807) is 0 Å². The van der Waals surface area contributed by atoms with Gasteiger partial charge in [-0.25, -0.2) is 0 Å². The highest BCUT2D eigenvalue weighted by molar-refractivity contribution is 8.05. The Morgan fingerprint density at radius 1 is 1.64 bits per heavy atom. The first-order chi connectivity index (χ1) is 5.08. The van der Waals surface area contributed by atoms with Gasteiger partial charge < -0.3 is 9.26 Å². The first-order valence-electron chi connectivity index (χ1n) is 3.33. The van der Waals surface area contributed by atoms with Crippen LogP contribution in [0.25, 0.3) is 0 Å². The maximum atomic E-state index is 10.6. The second kappa shape index (κ2) is 4.11. The third-order valence-electron chi connectivity index (χ3n) is 1.43. The molecule has 0 aromatic rings. The zero-order valence-electron chi connectivity index (χ0n) is 5.83. The Kier molecular flexibility index (Phi) is 3.66. The minimum absolute atomic E-state index is 0.0147. The van der Waals surface area contributed by atoms with E-state index in [9.17, 15) is 4.57 Å². The van der Waals surface area contributed by atoms with Gasteiger partial charge in [0.2, 0.25) is 0 Å². The lowest BCUT2D eigenvalue weighted by molar-refractivity contribution is 0.0712. The molecule has 6 heteroatoms. The van der Waals surface area contributed by atoms with Crippen molar-refractivity contribution in [2.45, 2.75) is 18.9 Å². The van der Waals surface area contributed by atoms with Gasteiger partial charge in [0.25, 0.3) is 0 Å². The van der Waals surface area contributed by atoms with Crippen LogP contribution in [-0.2, 0) is 13.8 Å². The lowest BCUT2D eigenvalue weighted by atomic mass is 10.2. The summed E-state index contributed by atoms with van der Waals surface area (Å²) in [6.07, 6.45) is -1.40. The van der Waals surface area contributed by atoms with Crippen LogP contribution in [0.5, 0.6) is 0 Å². The molecule has 0 N–H and O–H groups in total. The molecule has 11 heavy (non-hydrogen) atoms. The van der Waals surface area contributed by atoms with Gasteiger partial charge in [0, 0.05) is 6.61 Å². The molecule has 1 unspecified atom stereocenters. The van der Waals surface area contributed by atoms with Gasteiger partial charge in [-0.15, -0.1) is 0 Å². The van der Waals surface area contributed by atoms with Gasteiger partial charge in [0.05, 0.1) is 12.7 Å². The molecule has 0 amide bonds. The van der Waals surface area contributed by atoms with Gasteiger partial charge in [-0.05, 0) is 35.3 Å². The summed E-state index contributed by atoms with van der Waals surface area (Å²) < 4.78 is 20.5. The van der Waals surface area contributed by atoms with Crippen LogP contribution < -0.4 is 0 Å². The van der Waals surface area contributed by atoms with Gasteiger partial charge in [-0.2, -0.15) is 0 Å². The highest BCUT2D eigenvalue weighted by Gasteiger charge is 2.21. The summed E-state index contributed by atoms with van der Waals surface area (Å²) in [5.74, 6) is 0. The maximum Gasteiger partial charge on any atom is 0.380 e. The first-order valence-corrected chi connectivity index (χ1v) is 6.77. The summed E-state index contributed by atoms with van der Waals surface area (Å²) in [6, 6.07) is 0. The van der Waals surface area contributed by atoms with Crippen LogP contribution in [0.4, 0.5) is 0 Å². The van der Waals surface area contributed by atoms with Crippen molar-refractivity contribution in [1.29, 1.82) is 0 Å². The average Bonchev–Trinajstić information content (AvgIpc) is 2.32. The minimum atomic E-state index is -3.35. The Morgan fingerprint density at radius 2 is 2.36 bits per heavy atom. The molecule has 66 valence electrons. The zero-order chi connectivity index (χ0) is 8.32. The van der Waals surface area contributed by atoms with E-state index in [4.69, 9.17) is 27.2 Å². The van der Waals surface area contributed by atoms with Gasteiger partial charge in [-0.1, -0.05) is 0 Å². The van der Waals surface area contributed by atoms with Gasteiger partial charge in [0.15, 0.2) is 0 Å². The lowest BCUT2D eigenvalue weighted by Crippen LogP contribution is -2.11. The fraction of sp³-hybridized carbons (Fsp3) is 1.00. The first kappa shape index (κ1) is 9.82. The molecule has 0 bridgehead atoms. The second-order valence-corrected chi connectivity index (χ2v) is 6.62. The Balaban J connectivity index is 2.16. The van der Waals surface area contributed by atoms with Crippen LogP contribution in [-0.4, -0.2) is 19.3 Å². The van der Waals surface area contributed by atoms with Crippen molar-refractivity contribution >= 4 is 28.6 Å². The molecule has 1 rings (SSSR count). The van der Waals surface area contributed by atoms with Gasteiger partial charge >= 0.3 is 6.07 Å². The third-order valence-corrected chi connectivity index (χ3v) is 2.47. The molecule has 0 saturated carbocycles. The molecule has 0 radical (unpaired) electrons. The molecule has 1 saturated heterocycles. The Bertz CT molecular complexity index is 163. The van der Waals surface area contributed by atoms with Crippen molar-refractivity contribution < 1.29 is 13.8 Å². The van der Waals surface area contributed by atoms with Crippen LogP contribution in [0.3, 0.4) is 0 Å². The molecule has 1 heterocycles. The van der Waals surface area contributed by atoms with E-state index in [1.165, 1.54) is 0 Å². The Hall–Kier alpha value is 0.730. The Labute approximate surface area is 75.0 Å². The largest absolute Gasteiger partial charge is 0.380 e. The Morgan fingerprint density at radius 3 is 2.82 bits per heavy atom. The SMILES string of the molecule is O=P(Cl)(Cl)OCC1CCCO1. The van der Waals surface area contributed by atoms with E-state index in [1.807, 2.05) is 0 Å². The molecule has 0 aliphatic carbocycles. The zero-order valence-corrected chi connectivity index (χ0v) is 8.24. The van der Waals surface area contributed by atoms with Crippen molar-refractivity contribution in [3.8, 4) is 0 Å². The maximum absolute atomic E-state index is 10.6. The van der Waals surface area contributed by atoms with Crippen LogP contribution in [0, 0.1) is 0 Å². The van der Waals surface area contributed by atoms with E-state index < -0.39 is 6.07 Å². The second-order valence-electron chi connectivity index (χ2n) is 2.35. The minimum Gasteiger partial charge on any atom is -0.376 e. The molecule has 1 aliphatic rings. The van der Waals surface area contributed by atoms with E-state index in [2.05, 4.69) is 4.52 Å². The standard InChI is InChI=1S/C5H9Cl2O3P/c6-11(7,8)10-4-5-2-1-3-9-5/h5H,1-4H2. The normalized spacial score (nSPS) is 25.8. The van der Waals surface area contributed by atoms with Crippen molar-refractivity contribution in [2.75, 3.05) is 13.2 Å². The number of rotatable bonds is 3. The molecule has 1 fully saturated rings. The summed E-state index contributed by atoms with van der Waals surface area (Å²) in [5, 5.41) is 0. The number of hydrogen-bond donors (Lipinski definition) is 0. The van der Waals surface area contributed by atoms with E-state index in [0.717, 1.165) is 19.4 Å². The van der Waals surface area contributed by atoms with Crippen molar-refractivity contribution in [1.82, 2.24) is 0 Å². The van der Waals surface area contributed by atoms with Crippen LogP contribution >= 0.6 is 28.6 Å². The fourth-order valence-corrected chi connectivity index (χ4v) is 1.62.